The van der Waals surface area contributed by atoms with Crippen molar-refractivity contribution >= 4 is 35.1 Å². The van der Waals surface area contributed by atoms with E-state index in [1.165, 1.54) is 16.9 Å². The minimum absolute atomic E-state index is 0.182. The SMILES string of the molecule is Cc1nn(Cc2ccccc2)c(Cl)c1/C=N\NC(=O)c1cc2c(s1)CC[C@@H](C)C2. The topological polar surface area (TPSA) is 59.3 Å². The van der Waals surface area contributed by atoms with Gasteiger partial charge >= 0.3 is 0 Å². The molecule has 2 aromatic heterocycles. The summed E-state index contributed by atoms with van der Waals surface area (Å²) in [5, 5.41) is 9.13. The molecule has 3 aromatic rings. The Morgan fingerprint density at radius 1 is 1.41 bits per heavy atom. The molecule has 5 nitrogen and oxygen atoms in total. The number of carbonyl (C=O) groups is 1. The Labute approximate surface area is 179 Å². The standard InChI is InChI=1S/C22H23ClN4OS/c1-14-8-9-19-17(10-14)11-20(29-19)22(28)25-24-12-18-15(2)26-27(21(18)23)13-16-6-4-3-5-7-16/h3-7,11-12,14H,8-10,13H2,1-2H3,(H,25,28)/b24-12-/t14-/m1/s1. The van der Waals surface area contributed by atoms with Gasteiger partial charge in [0.1, 0.15) is 5.15 Å². The van der Waals surface area contributed by atoms with Gasteiger partial charge in [-0.25, -0.2) is 10.1 Å². The summed E-state index contributed by atoms with van der Waals surface area (Å²) in [4.78, 5) is 14.5. The number of benzene rings is 1. The largest absolute Gasteiger partial charge is 0.281 e. The monoisotopic (exact) mass is 426 g/mol. The third-order valence-corrected chi connectivity index (χ3v) is 6.83. The Morgan fingerprint density at radius 3 is 3.00 bits per heavy atom. The van der Waals surface area contributed by atoms with Gasteiger partial charge < -0.3 is 0 Å². The van der Waals surface area contributed by atoms with Crippen LogP contribution >= 0.6 is 22.9 Å². The molecule has 0 saturated carbocycles. The summed E-state index contributed by atoms with van der Waals surface area (Å²) in [6.45, 7) is 4.72. The molecule has 0 unspecified atom stereocenters. The normalized spacial score (nSPS) is 16.2. The zero-order valence-electron chi connectivity index (χ0n) is 16.5. The van der Waals surface area contributed by atoms with Crippen molar-refractivity contribution in [3.63, 3.8) is 0 Å². The number of rotatable bonds is 5. The van der Waals surface area contributed by atoms with Crippen LogP contribution in [0, 0.1) is 12.8 Å². The number of fused-ring (bicyclic) bond motifs is 1. The highest BCUT2D eigenvalue weighted by Gasteiger charge is 2.20. The summed E-state index contributed by atoms with van der Waals surface area (Å²) in [6.07, 6.45) is 4.88. The molecular weight excluding hydrogens is 404 g/mol. The van der Waals surface area contributed by atoms with Crippen LogP contribution in [0.3, 0.4) is 0 Å². The van der Waals surface area contributed by atoms with Gasteiger partial charge in [-0.05, 0) is 49.3 Å². The summed E-state index contributed by atoms with van der Waals surface area (Å²) >= 11 is 8.07. The number of aryl methyl sites for hydroxylation is 2. The summed E-state index contributed by atoms with van der Waals surface area (Å²) in [5.74, 6) is 0.502. The highest BCUT2D eigenvalue weighted by Crippen LogP contribution is 2.32. The molecule has 0 radical (unpaired) electrons. The van der Waals surface area contributed by atoms with Crippen LogP contribution in [-0.4, -0.2) is 21.9 Å². The molecule has 1 atom stereocenters. The van der Waals surface area contributed by atoms with E-state index in [-0.39, 0.29) is 5.91 Å². The number of thiophene rings is 1. The van der Waals surface area contributed by atoms with Crippen LogP contribution in [0.15, 0.2) is 41.5 Å². The second-order valence-corrected chi connectivity index (χ2v) is 9.03. The van der Waals surface area contributed by atoms with Gasteiger partial charge in [-0.1, -0.05) is 48.9 Å². The molecule has 7 heteroatoms. The Kier molecular flexibility index (Phi) is 5.83. The lowest BCUT2D eigenvalue weighted by molar-refractivity contribution is 0.0959. The number of hydrogen-bond donors (Lipinski definition) is 1. The first-order valence-electron chi connectivity index (χ1n) is 9.73. The van der Waals surface area contributed by atoms with Crippen molar-refractivity contribution in [2.45, 2.75) is 39.7 Å². The highest BCUT2D eigenvalue weighted by atomic mass is 35.5. The van der Waals surface area contributed by atoms with Gasteiger partial charge in [0.15, 0.2) is 0 Å². The number of aromatic nitrogens is 2. The van der Waals surface area contributed by atoms with Crippen LogP contribution < -0.4 is 5.43 Å². The molecule has 1 aliphatic rings. The lowest BCUT2D eigenvalue weighted by Gasteiger charge is -2.16. The van der Waals surface area contributed by atoms with Crippen molar-refractivity contribution in [3.05, 3.63) is 73.7 Å². The number of hydrazone groups is 1. The smallest absolute Gasteiger partial charge is 0.266 e. The molecule has 1 aliphatic carbocycles. The molecule has 150 valence electrons. The van der Waals surface area contributed by atoms with E-state index in [1.807, 2.05) is 43.3 Å². The molecule has 1 aromatic carbocycles. The molecule has 0 saturated heterocycles. The number of halogens is 1. The second kappa shape index (κ2) is 8.51. The minimum Gasteiger partial charge on any atom is -0.266 e. The number of amides is 1. The van der Waals surface area contributed by atoms with Gasteiger partial charge in [0, 0.05) is 4.88 Å². The number of nitrogens with zero attached hydrogens (tertiary/aromatic N) is 3. The van der Waals surface area contributed by atoms with Gasteiger partial charge in [0.25, 0.3) is 5.91 Å². The highest BCUT2D eigenvalue weighted by molar-refractivity contribution is 7.14. The van der Waals surface area contributed by atoms with Crippen molar-refractivity contribution in [3.8, 4) is 0 Å². The molecule has 4 rings (SSSR count). The van der Waals surface area contributed by atoms with Crippen molar-refractivity contribution in [1.82, 2.24) is 15.2 Å². The summed E-state index contributed by atoms with van der Waals surface area (Å²) in [6, 6.07) is 12.0. The quantitative estimate of drug-likeness (QED) is 0.468. The van der Waals surface area contributed by atoms with Crippen LogP contribution in [0.5, 0.6) is 0 Å². The van der Waals surface area contributed by atoms with Crippen LogP contribution in [0.4, 0.5) is 0 Å². The number of nitrogens with one attached hydrogen (secondary N) is 1. The predicted octanol–water partition coefficient (Wildman–Crippen LogP) is 4.84. The Hall–Kier alpha value is -2.44. The Bertz CT molecular complexity index is 1050. The minimum atomic E-state index is -0.182. The van der Waals surface area contributed by atoms with E-state index in [1.54, 1.807) is 22.2 Å². The first kappa shape index (κ1) is 19.9. The van der Waals surface area contributed by atoms with E-state index in [2.05, 4.69) is 22.5 Å². The van der Waals surface area contributed by atoms with Gasteiger partial charge in [-0.2, -0.15) is 10.2 Å². The van der Waals surface area contributed by atoms with Crippen molar-refractivity contribution in [2.24, 2.45) is 11.0 Å². The van der Waals surface area contributed by atoms with Crippen molar-refractivity contribution in [1.29, 1.82) is 0 Å². The fourth-order valence-corrected chi connectivity index (χ4v) is 4.98. The molecule has 29 heavy (non-hydrogen) atoms. The lowest BCUT2D eigenvalue weighted by atomic mass is 9.90. The van der Waals surface area contributed by atoms with Crippen LogP contribution in [-0.2, 0) is 19.4 Å². The maximum atomic E-state index is 12.5. The second-order valence-electron chi connectivity index (χ2n) is 7.54. The average molecular weight is 427 g/mol. The Morgan fingerprint density at radius 2 is 2.21 bits per heavy atom. The molecular formula is C22H23ClN4OS. The molecule has 0 bridgehead atoms. The summed E-state index contributed by atoms with van der Waals surface area (Å²) in [7, 11) is 0. The van der Waals surface area contributed by atoms with E-state index in [4.69, 9.17) is 11.6 Å². The van der Waals surface area contributed by atoms with E-state index in [0.717, 1.165) is 24.1 Å². The number of hydrogen-bond acceptors (Lipinski definition) is 4. The van der Waals surface area contributed by atoms with Gasteiger partial charge in [0.2, 0.25) is 0 Å². The van der Waals surface area contributed by atoms with Crippen molar-refractivity contribution in [2.75, 3.05) is 0 Å². The molecule has 0 aliphatic heterocycles. The first-order valence-corrected chi connectivity index (χ1v) is 10.9. The summed E-state index contributed by atoms with van der Waals surface area (Å²) in [5.41, 5.74) is 6.53. The van der Waals surface area contributed by atoms with E-state index in [9.17, 15) is 4.79 Å². The average Bonchev–Trinajstić information content (AvgIpc) is 3.24. The fourth-order valence-electron chi connectivity index (χ4n) is 3.60. The van der Waals surface area contributed by atoms with E-state index >= 15 is 0 Å². The molecule has 0 fully saturated rings. The third kappa shape index (κ3) is 4.43. The summed E-state index contributed by atoms with van der Waals surface area (Å²) < 4.78 is 1.74. The third-order valence-electron chi connectivity index (χ3n) is 5.20. The maximum absolute atomic E-state index is 12.5. The molecule has 2 heterocycles. The predicted molar refractivity (Wildman–Crippen MR) is 118 cm³/mol. The van der Waals surface area contributed by atoms with E-state index < -0.39 is 0 Å². The molecule has 0 spiro atoms. The van der Waals surface area contributed by atoms with Gasteiger partial charge in [0.05, 0.1) is 28.9 Å². The van der Waals surface area contributed by atoms with Crippen molar-refractivity contribution < 1.29 is 4.79 Å². The number of carbonyl (C=O) groups excluding carboxylic acids is 1. The molecule has 1 N–H and O–H groups in total. The van der Waals surface area contributed by atoms with E-state index in [0.29, 0.717) is 28.1 Å². The zero-order valence-corrected chi connectivity index (χ0v) is 18.1. The maximum Gasteiger partial charge on any atom is 0.281 e. The Balaban J connectivity index is 1.44. The lowest BCUT2D eigenvalue weighted by Crippen LogP contribution is -2.16. The van der Waals surface area contributed by atoms with Gasteiger partial charge in [-0.3, -0.25) is 4.79 Å². The first-order chi connectivity index (χ1) is 14.0. The zero-order chi connectivity index (χ0) is 20.4. The van der Waals surface area contributed by atoms with Crippen LogP contribution in [0.25, 0.3) is 0 Å². The fraction of sp³-hybridized carbons (Fsp3) is 0.318. The van der Waals surface area contributed by atoms with Gasteiger partial charge in [-0.15, -0.1) is 11.3 Å². The van der Waals surface area contributed by atoms with Crippen LogP contribution in [0.1, 0.15) is 50.3 Å². The van der Waals surface area contributed by atoms with Crippen LogP contribution in [0.2, 0.25) is 5.15 Å². The molecule has 1 amide bonds.